The zero-order chi connectivity index (χ0) is 14.4. The molecule has 1 atom stereocenters. The summed E-state index contributed by atoms with van der Waals surface area (Å²) in [5.74, 6) is -0.349. The summed E-state index contributed by atoms with van der Waals surface area (Å²) in [4.78, 5) is 15.7. The Balaban J connectivity index is 1.98. The molecule has 1 aromatic heterocycles. The van der Waals surface area contributed by atoms with E-state index in [0.717, 1.165) is 12.0 Å². The van der Waals surface area contributed by atoms with Gasteiger partial charge in [0.05, 0.1) is 19.1 Å². The second kappa shape index (κ2) is 6.86. The third-order valence-corrected chi connectivity index (χ3v) is 3.11. The zero-order valence-electron chi connectivity index (χ0n) is 11.5. The minimum absolute atomic E-state index is 0.0614. The molecular formula is C15H19N3O2. The predicted octanol–water partition coefficient (Wildman–Crippen LogP) is 2.15. The van der Waals surface area contributed by atoms with Gasteiger partial charge in [-0.3, -0.25) is 0 Å². The van der Waals surface area contributed by atoms with Gasteiger partial charge >= 0.3 is 5.97 Å². The van der Waals surface area contributed by atoms with Crippen LogP contribution in [0.2, 0.25) is 0 Å². The minimum Gasteiger partial charge on any atom is -0.461 e. The molecule has 0 saturated carbocycles. The van der Waals surface area contributed by atoms with E-state index in [1.165, 1.54) is 6.20 Å². The van der Waals surface area contributed by atoms with Crippen LogP contribution in [0.5, 0.6) is 0 Å². The van der Waals surface area contributed by atoms with Crippen molar-refractivity contribution in [2.45, 2.75) is 25.9 Å². The fourth-order valence-electron chi connectivity index (χ4n) is 2.02. The first-order valence-corrected chi connectivity index (χ1v) is 6.70. The highest BCUT2D eigenvalue weighted by molar-refractivity contribution is 5.87. The summed E-state index contributed by atoms with van der Waals surface area (Å²) >= 11 is 0. The second-order valence-electron chi connectivity index (χ2n) is 4.50. The Hall–Kier alpha value is -2.14. The number of benzene rings is 1. The average molecular weight is 273 g/mol. The number of imidazole rings is 1. The van der Waals surface area contributed by atoms with Crippen LogP contribution >= 0.6 is 0 Å². The number of esters is 1. The van der Waals surface area contributed by atoms with Gasteiger partial charge in [0.15, 0.2) is 0 Å². The van der Waals surface area contributed by atoms with E-state index in [2.05, 4.69) is 4.98 Å². The molecule has 2 aromatic rings. The normalized spacial score (nSPS) is 12.1. The van der Waals surface area contributed by atoms with E-state index in [9.17, 15) is 4.79 Å². The van der Waals surface area contributed by atoms with Crippen LogP contribution in [0.3, 0.4) is 0 Å². The van der Waals surface area contributed by atoms with Crippen molar-refractivity contribution in [1.29, 1.82) is 0 Å². The number of carbonyl (C=O) groups is 1. The van der Waals surface area contributed by atoms with Crippen LogP contribution in [-0.4, -0.2) is 22.1 Å². The van der Waals surface area contributed by atoms with Gasteiger partial charge in [0.25, 0.3) is 0 Å². The Labute approximate surface area is 118 Å². The summed E-state index contributed by atoms with van der Waals surface area (Å²) in [6, 6.07) is 9.85. The largest absolute Gasteiger partial charge is 0.461 e. The molecule has 20 heavy (non-hydrogen) atoms. The smallest absolute Gasteiger partial charge is 0.356 e. The number of aryl methyl sites for hydroxylation is 1. The topological polar surface area (TPSA) is 70.1 Å². The van der Waals surface area contributed by atoms with Crippen LogP contribution in [0.25, 0.3) is 0 Å². The van der Waals surface area contributed by atoms with Gasteiger partial charge < -0.3 is 15.0 Å². The molecule has 2 rings (SSSR count). The molecule has 0 bridgehead atoms. The maximum absolute atomic E-state index is 11.7. The first kappa shape index (κ1) is 14.3. The SMILES string of the molecule is CCOC(=O)c1cncn1CCC(N)c1ccccc1. The first-order valence-electron chi connectivity index (χ1n) is 6.70. The maximum atomic E-state index is 11.7. The molecule has 0 fully saturated rings. The zero-order valence-corrected chi connectivity index (χ0v) is 11.5. The summed E-state index contributed by atoms with van der Waals surface area (Å²) in [5, 5.41) is 0. The van der Waals surface area contributed by atoms with Gasteiger partial charge in [0.1, 0.15) is 5.69 Å². The summed E-state index contributed by atoms with van der Waals surface area (Å²) < 4.78 is 6.77. The summed E-state index contributed by atoms with van der Waals surface area (Å²) in [6.07, 6.45) is 3.88. The Bertz CT molecular complexity index is 551. The van der Waals surface area contributed by atoms with E-state index in [4.69, 9.17) is 10.5 Å². The lowest BCUT2D eigenvalue weighted by atomic mass is 10.1. The molecule has 0 amide bonds. The van der Waals surface area contributed by atoms with Crippen molar-refractivity contribution in [3.05, 3.63) is 54.1 Å². The van der Waals surface area contributed by atoms with E-state index >= 15 is 0 Å². The van der Waals surface area contributed by atoms with Crippen LogP contribution in [0, 0.1) is 0 Å². The van der Waals surface area contributed by atoms with E-state index in [1.807, 2.05) is 30.3 Å². The second-order valence-corrected chi connectivity index (χ2v) is 4.50. The molecule has 5 nitrogen and oxygen atoms in total. The molecule has 0 aliphatic rings. The number of hydrogen-bond donors (Lipinski definition) is 1. The Morgan fingerprint density at radius 1 is 1.40 bits per heavy atom. The number of aromatic nitrogens is 2. The monoisotopic (exact) mass is 273 g/mol. The molecule has 0 aliphatic carbocycles. The van der Waals surface area contributed by atoms with Crippen molar-refractivity contribution in [3.8, 4) is 0 Å². The van der Waals surface area contributed by atoms with Gasteiger partial charge in [0, 0.05) is 12.6 Å². The number of rotatable bonds is 6. The fraction of sp³-hybridized carbons (Fsp3) is 0.333. The Morgan fingerprint density at radius 3 is 2.85 bits per heavy atom. The number of nitrogens with two attached hydrogens (primary N) is 1. The van der Waals surface area contributed by atoms with Gasteiger partial charge in [0.2, 0.25) is 0 Å². The quantitative estimate of drug-likeness (QED) is 0.819. The van der Waals surface area contributed by atoms with Crippen LogP contribution in [0.15, 0.2) is 42.9 Å². The molecule has 0 spiro atoms. The van der Waals surface area contributed by atoms with Gasteiger partial charge in [-0.1, -0.05) is 30.3 Å². The van der Waals surface area contributed by atoms with Crippen molar-refractivity contribution in [2.75, 3.05) is 6.61 Å². The summed E-state index contributed by atoms with van der Waals surface area (Å²) in [6.45, 7) is 2.77. The van der Waals surface area contributed by atoms with Crippen molar-refractivity contribution in [1.82, 2.24) is 9.55 Å². The van der Waals surface area contributed by atoms with Crippen molar-refractivity contribution in [3.63, 3.8) is 0 Å². The fourth-order valence-corrected chi connectivity index (χ4v) is 2.02. The van der Waals surface area contributed by atoms with E-state index in [0.29, 0.717) is 18.8 Å². The molecule has 0 aliphatic heterocycles. The van der Waals surface area contributed by atoms with Crippen LogP contribution in [0.4, 0.5) is 0 Å². The Kier molecular flexibility index (Phi) is 4.90. The molecule has 0 saturated heterocycles. The molecule has 106 valence electrons. The van der Waals surface area contributed by atoms with E-state index in [-0.39, 0.29) is 12.0 Å². The lowest BCUT2D eigenvalue weighted by Crippen LogP contribution is -2.16. The standard InChI is InChI=1S/C15H19N3O2/c1-2-20-15(19)14-10-17-11-18(14)9-8-13(16)12-6-4-3-5-7-12/h3-7,10-11,13H,2,8-9,16H2,1H3. The predicted molar refractivity (Wildman–Crippen MR) is 76.2 cm³/mol. The summed E-state index contributed by atoms with van der Waals surface area (Å²) in [7, 11) is 0. The lowest BCUT2D eigenvalue weighted by Gasteiger charge is -2.13. The van der Waals surface area contributed by atoms with Gasteiger partial charge in [-0.05, 0) is 18.9 Å². The number of hydrogen-bond acceptors (Lipinski definition) is 4. The molecule has 0 radical (unpaired) electrons. The molecule has 1 aromatic carbocycles. The highest BCUT2D eigenvalue weighted by Gasteiger charge is 2.13. The molecule has 1 heterocycles. The molecule has 2 N–H and O–H groups in total. The van der Waals surface area contributed by atoms with Gasteiger partial charge in [-0.25, -0.2) is 9.78 Å². The van der Waals surface area contributed by atoms with Gasteiger partial charge in [-0.2, -0.15) is 0 Å². The maximum Gasteiger partial charge on any atom is 0.356 e. The number of ether oxygens (including phenoxy) is 1. The molecule has 5 heteroatoms. The highest BCUT2D eigenvalue weighted by atomic mass is 16.5. The first-order chi connectivity index (χ1) is 9.72. The van der Waals surface area contributed by atoms with Gasteiger partial charge in [-0.15, -0.1) is 0 Å². The third kappa shape index (κ3) is 3.45. The highest BCUT2D eigenvalue weighted by Crippen LogP contribution is 2.15. The van der Waals surface area contributed by atoms with E-state index in [1.54, 1.807) is 17.8 Å². The van der Waals surface area contributed by atoms with Crippen LogP contribution in [0.1, 0.15) is 35.4 Å². The average Bonchev–Trinajstić information content (AvgIpc) is 2.94. The lowest BCUT2D eigenvalue weighted by molar-refractivity contribution is 0.0513. The Morgan fingerprint density at radius 2 is 2.15 bits per heavy atom. The third-order valence-electron chi connectivity index (χ3n) is 3.11. The van der Waals surface area contributed by atoms with Crippen LogP contribution < -0.4 is 5.73 Å². The van der Waals surface area contributed by atoms with E-state index < -0.39 is 0 Å². The summed E-state index contributed by atoms with van der Waals surface area (Å²) in [5.41, 5.74) is 7.70. The van der Waals surface area contributed by atoms with Crippen LogP contribution in [-0.2, 0) is 11.3 Å². The number of nitrogens with zero attached hydrogens (tertiary/aromatic N) is 2. The van der Waals surface area contributed by atoms with Crippen molar-refractivity contribution >= 4 is 5.97 Å². The molecular weight excluding hydrogens is 254 g/mol. The van der Waals surface area contributed by atoms with Crippen molar-refractivity contribution < 1.29 is 9.53 Å². The number of carbonyl (C=O) groups excluding carboxylic acids is 1. The van der Waals surface area contributed by atoms with Crippen molar-refractivity contribution in [2.24, 2.45) is 5.73 Å². The minimum atomic E-state index is -0.349. The molecule has 1 unspecified atom stereocenters.